The molecule has 1 aromatic carbocycles. The first-order chi connectivity index (χ1) is 7.49. The lowest BCUT2D eigenvalue weighted by Crippen LogP contribution is -2.48. The van der Waals surface area contributed by atoms with E-state index in [9.17, 15) is 9.90 Å². The van der Waals surface area contributed by atoms with Gasteiger partial charge in [-0.15, -0.1) is 0 Å². The van der Waals surface area contributed by atoms with Crippen LogP contribution in [0.5, 0.6) is 0 Å². The van der Waals surface area contributed by atoms with Crippen LogP contribution in [0.4, 0.5) is 0 Å². The van der Waals surface area contributed by atoms with Gasteiger partial charge in [0.1, 0.15) is 0 Å². The zero-order valence-corrected chi connectivity index (χ0v) is 11.0. The maximum absolute atomic E-state index is 11.6. The number of hydrogen-bond acceptors (Lipinski definition) is 2. The molecule has 0 bridgehead atoms. The minimum Gasteiger partial charge on any atom is -0.394 e. The normalized spacial score (nSPS) is 16.2. The summed E-state index contributed by atoms with van der Waals surface area (Å²) in [5, 5.41) is 12.3. The van der Waals surface area contributed by atoms with Gasteiger partial charge in [-0.25, -0.2) is 0 Å². The van der Waals surface area contributed by atoms with Crippen molar-refractivity contribution in [1.29, 1.82) is 0 Å². The minimum atomic E-state index is -0.736. The van der Waals surface area contributed by atoms with Gasteiger partial charge in [0.25, 0.3) is 0 Å². The van der Waals surface area contributed by atoms with Crippen molar-refractivity contribution in [2.45, 2.75) is 24.2 Å². The molecule has 0 saturated carbocycles. The summed E-state index contributed by atoms with van der Waals surface area (Å²) >= 11 is 3.20. The third kappa shape index (κ3) is 3.06. The van der Waals surface area contributed by atoms with Crippen molar-refractivity contribution in [3.05, 3.63) is 35.9 Å². The molecule has 1 aromatic rings. The fourth-order valence-corrected chi connectivity index (χ4v) is 1.49. The van der Waals surface area contributed by atoms with Gasteiger partial charge in [0.15, 0.2) is 0 Å². The monoisotopic (exact) mass is 285 g/mol. The van der Waals surface area contributed by atoms with Crippen molar-refractivity contribution < 1.29 is 9.90 Å². The molecule has 0 aliphatic rings. The molecule has 0 fully saturated rings. The Hall–Kier alpha value is -0.870. The van der Waals surface area contributed by atoms with Gasteiger partial charge in [0.05, 0.1) is 17.0 Å². The largest absolute Gasteiger partial charge is 0.394 e. The summed E-state index contributed by atoms with van der Waals surface area (Å²) < 4.78 is 0. The number of hydrogen-bond donors (Lipinski definition) is 2. The molecule has 0 aliphatic heterocycles. The number of aliphatic hydroxyl groups is 1. The Morgan fingerprint density at radius 2 is 2.06 bits per heavy atom. The van der Waals surface area contributed by atoms with Crippen LogP contribution in [0.25, 0.3) is 0 Å². The quantitative estimate of drug-likeness (QED) is 0.829. The lowest BCUT2D eigenvalue weighted by molar-refractivity contribution is -0.122. The first kappa shape index (κ1) is 13.2. The van der Waals surface area contributed by atoms with E-state index in [1.54, 1.807) is 13.8 Å². The van der Waals surface area contributed by atoms with Gasteiger partial charge >= 0.3 is 0 Å². The molecule has 0 aliphatic carbocycles. The highest BCUT2D eigenvalue weighted by Gasteiger charge is 2.28. The maximum Gasteiger partial charge on any atom is 0.234 e. The Bertz CT molecular complexity index is 353. The number of alkyl halides is 1. The Kier molecular flexibility index (Phi) is 4.50. The molecule has 0 heterocycles. The number of benzene rings is 1. The summed E-state index contributed by atoms with van der Waals surface area (Å²) in [5.41, 5.74) is 0.152. The fourth-order valence-electron chi connectivity index (χ4n) is 1.38. The van der Waals surface area contributed by atoms with Gasteiger partial charge < -0.3 is 10.4 Å². The van der Waals surface area contributed by atoms with Crippen molar-refractivity contribution in [3.63, 3.8) is 0 Å². The first-order valence-electron chi connectivity index (χ1n) is 5.12. The Balaban J connectivity index is 2.90. The van der Waals surface area contributed by atoms with Gasteiger partial charge in [-0.3, -0.25) is 4.79 Å². The molecule has 88 valence electrons. The number of halogens is 1. The predicted molar refractivity (Wildman–Crippen MR) is 67.4 cm³/mol. The lowest BCUT2D eigenvalue weighted by Gasteiger charge is -2.29. The summed E-state index contributed by atoms with van der Waals surface area (Å²) in [6.45, 7) is 3.41. The van der Waals surface area contributed by atoms with Gasteiger partial charge in [0.2, 0.25) is 5.91 Å². The van der Waals surface area contributed by atoms with Crippen LogP contribution >= 0.6 is 15.9 Å². The fraction of sp³-hybridized carbons (Fsp3) is 0.417. The SMILES string of the molecule is CC(Br)C(=O)NC(C)(CO)c1ccccc1. The molecular weight excluding hydrogens is 270 g/mol. The topological polar surface area (TPSA) is 49.3 Å². The second kappa shape index (κ2) is 5.46. The molecule has 2 unspecified atom stereocenters. The van der Waals surface area contributed by atoms with Gasteiger partial charge in [-0.2, -0.15) is 0 Å². The van der Waals surface area contributed by atoms with E-state index in [1.807, 2.05) is 30.3 Å². The van der Waals surface area contributed by atoms with Crippen LogP contribution in [0.2, 0.25) is 0 Å². The number of nitrogens with one attached hydrogen (secondary N) is 1. The van der Waals surface area contributed by atoms with Crippen LogP contribution in [-0.2, 0) is 10.3 Å². The molecule has 1 rings (SSSR count). The third-order valence-corrected chi connectivity index (χ3v) is 2.90. The van der Waals surface area contributed by atoms with Crippen molar-refractivity contribution in [3.8, 4) is 0 Å². The molecule has 2 atom stereocenters. The van der Waals surface area contributed by atoms with Gasteiger partial charge in [-0.05, 0) is 19.4 Å². The molecule has 0 radical (unpaired) electrons. The van der Waals surface area contributed by atoms with Gasteiger partial charge in [0, 0.05) is 0 Å². The van der Waals surface area contributed by atoms with E-state index in [0.29, 0.717) is 0 Å². The number of amides is 1. The summed E-state index contributed by atoms with van der Waals surface area (Å²) in [6, 6.07) is 9.43. The standard InChI is InChI=1S/C12H16BrNO2/c1-9(13)11(16)14-12(2,8-15)10-6-4-3-5-7-10/h3-7,9,15H,8H2,1-2H3,(H,14,16). The molecule has 2 N–H and O–H groups in total. The van der Waals surface area contributed by atoms with Crippen LogP contribution in [0.3, 0.4) is 0 Å². The van der Waals surface area contributed by atoms with Crippen molar-refractivity contribution in [2.24, 2.45) is 0 Å². The van der Waals surface area contributed by atoms with Crippen LogP contribution in [-0.4, -0.2) is 22.4 Å². The van der Waals surface area contributed by atoms with Crippen molar-refractivity contribution in [2.75, 3.05) is 6.61 Å². The van der Waals surface area contributed by atoms with Crippen LogP contribution in [0, 0.1) is 0 Å². The average molecular weight is 286 g/mol. The second-order valence-electron chi connectivity index (χ2n) is 3.96. The number of carbonyl (C=O) groups excluding carboxylic acids is 1. The molecule has 0 spiro atoms. The summed E-state index contributed by atoms with van der Waals surface area (Å²) in [6.07, 6.45) is 0. The number of aliphatic hydroxyl groups excluding tert-OH is 1. The summed E-state index contributed by atoms with van der Waals surface area (Å²) in [4.78, 5) is 11.3. The zero-order chi connectivity index (χ0) is 12.2. The molecule has 0 saturated heterocycles. The Morgan fingerprint density at radius 1 is 1.50 bits per heavy atom. The van der Waals surface area contributed by atoms with E-state index in [0.717, 1.165) is 5.56 Å². The van der Waals surface area contributed by atoms with Gasteiger partial charge in [-0.1, -0.05) is 46.3 Å². The van der Waals surface area contributed by atoms with E-state index in [4.69, 9.17) is 0 Å². The van der Waals surface area contributed by atoms with E-state index in [2.05, 4.69) is 21.2 Å². The molecular formula is C12H16BrNO2. The Labute approximate surface area is 104 Å². The third-order valence-electron chi connectivity index (χ3n) is 2.49. The van der Waals surface area contributed by atoms with E-state index in [-0.39, 0.29) is 17.3 Å². The zero-order valence-electron chi connectivity index (χ0n) is 9.40. The molecule has 3 nitrogen and oxygen atoms in total. The van der Waals surface area contributed by atoms with Crippen molar-refractivity contribution >= 4 is 21.8 Å². The van der Waals surface area contributed by atoms with Crippen LogP contribution in [0.15, 0.2) is 30.3 Å². The van der Waals surface area contributed by atoms with E-state index in [1.165, 1.54) is 0 Å². The first-order valence-corrected chi connectivity index (χ1v) is 6.03. The van der Waals surface area contributed by atoms with Crippen LogP contribution in [0.1, 0.15) is 19.4 Å². The number of rotatable bonds is 4. The van der Waals surface area contributed by atoms with E-state index >= 15 is 0 Å². The highest BCUT2D eigenvalue weighted by molar-refractivity contribution is 9.10. The summed E-state index contributed by atoms with van der Waals surface area (Å²) in [7, 11) is 0. The smallest absolute Gasteiger partial charge is 0.234 e. The molecule has 4 heteroatoms. The molecule has 16 heavy (non-hydrogen) atoms. The highest BCUT2D eigenvalue weighted by Crippen LogP contribution is 2.20. The highest BCUT2D eigenvalue weighted by atomic mass is 79.9. The van der Waals surface area contributed by atoms with Crippen LogP contribution < -0.4 is 5.32 Å². The maximum atomic E-state index is 11.6. The summed E-state index contributed by atoms with van der Waals surface area (Å²) in [5.74, 6) is -0.139. The minimum absolute atomic E-state index is 0.136. The second-order valence-corrected chi connectivity index (χ2v) is 5.34. The van der Waals surface area contributed by atoms with E-state index < -0.39 is 5.54 Å². The molecule has 0 aromatic heterocycles. The lowest BCUT2D eigenvalue weighted by atomic mass is 9.93. The predicted octanol–water partition coefficient (Wildman–Crippen LogP) is 1.79. The number of carbonyl (C=O) groups is 1. The van der Waals surface area contributed by atoms with Crippen molar-refractivity contribution in [1.82, 2.24) is 5.32 Å². The molecule has 1 amide bonds. The Morgan fingerprint density at radius 3 is 2.50 bits per heavy atom. The average Bonchev–Trinajstić information content (AvgIpc) is 2.29.